The summed E-state index contributed by atoms with van der Waals surface area (Å²) >= 11 is 0. The monoisotopic (exact) mass is 257 g/mol. The van der Waals surface area contributed by atoms with Crippen molar-refractivity contribution in [2.45, 2.75) is 45.6 Å². The molecule has 3 rings (SSSR count). The molecule has 1 aliphatic carbocycles. The van der Waals surface area contributed by atoms with Gasteiger partial charge in [-0.05, 0) is 36.7 Å². The lowest BCUT2D eigenvalue weighted by molar-refractivity contribution is -0.120. The number of benzene rings is 1. The average molecular weight is 257 g/mol. The predicted molar refractivity (Wildman–Crippen MR) is 76.7 cm³/mol. The van der Waals surface area contributed by atoms with Gasteiger partial charge in [-0.15, -0.1) is 0 Å². The van der Waals surface area contributed by atoms with Crippen LogP contribution in [0, 0.1) is 17.3 Å². The van der Waals surface area contributed by atoms with Gasteiger partial charge >= 0.3 is 0 Å². The summed E-state index contributed by atoms with van der Waals surface area (Å²) in [4.78, 5) is 11.8. The summed E-state index contributed by atoms with van der Waals surface area (Å²) in [6, 6.07) is 10.9. The zero-order chi connectivity index (χ0) is 13.5. The second-order valence-electron chi connectivity index (χ2n) is 6.76. The zero-order valence-corrected chi connectivity index (χ0v) is 11.9. The van der Waals surface area contributed by atoms with Gasteiger partial charge in [-0.25, -0.2) is 0 Å². The smallest absolute Gasteiger partial charge is 0.220 e. The zero-order valence-electron chi connectivity index (χ0n) is 11.9. The molecule has 0 radical (unpaired) electrons. The molecular formula is C17H23NO. The Balaban J connectivity index is 1.72. The van der Waals surface area contributed by atoms with Crippen molar-refractivity contribution >= 4 is 5.91 Å². The quantitative estimate of drug-likeness (QED) is 0.885. The molecule has 102 valence electrons. The Labute approximate surface area is 115 Å². The van der Waals surface area contributed by atoms with Crippen molar-refractivity contribution in [3.63, 3.8) is 0 Å². The SMILES string of the molecule is CC(C)C1CC2(CC(=O)NC2Cc2ccccc2)C1. The van der Waals surface area contributed by atoms with Gasteiger partial charge in [0.15, 0.2) is 0 Å². The summed E-state index contributed by atoms with van der Waals surface area (Å²) in [5.74, 6) is 1.81. The molecule has 1 aliphatic heterocycles. The highest BCUT2D eigenvalue weighted by atomic mass is 16.2. The van der Waals surface area contributed by atoms with E-state index in [0.717, 1.165) is 24.7 Å². The first-order valence-electron chi connectivity index (χ1n) is 7.42. The van der Waals surface area contributed by atoms with Crippen molar-refractivity contribution in [3.05, 3.63) is 35.9 Å². The van der Waals surface area contributed by atoms with Crippen LogP contribution in [0.2, 0.25) is 0 Å². The molecule has 1 N–H and O–H groups in total. The van der Waals surface area contributed by atoms with E-state index in [-0.39, 0.29) is 11.3 Å². The first-order valence-corrected chi connectivity index (χ1v) is 7.42. The van der Waals surface area contributed by atoms with Gasteiger partial charge in [0.05, 0.1) is 0 Å². The van der Waals surface area contributed by atoms with Crippen molar-refractivity contribution in [2.24, 2.45) is 17.3 Å². The minimum absolute atomic E-state index is 0.252. The molecular weight excluding hydrogens is 234 g/mol. The first kappa shape index (κ1) is 12.7. The number of carbonyl (C=O) groups is 1. The Bertz CT molecular complexity index is 459. The van der Waals surface area contributed by atoms with Crippen molar-refractivity contribution in [1.82, 2.24) is 5.32 Å². The van der Waals surface area contributed by atoms with Crippen LogP contribution in [0.15, 0.2) is 30.3 Å². The van der Waals surface area contributed by atoms with Crippen LogP contribution in [0.25, 0.3) is 0 Å². The maximum atomic E-state index is 11.8. The van der Waals surface area contributed by atoms with Gasteiger partial charge in [0.1, 0.15) is 0 Å². The third-order valence-corrected chi connectivity index (χ3v) is 5.15. The number of nitrogens with one attached hydrogen (secondary N) is 1. The average Bonchev–Trinajstić information content (AvgIpc) is 2.65. The molecule has 1 spiro atoms. The Morgan fingerprint density at radius 3 is 2.58 bits per heavy atom. The molecule has 1 unspecified atom stereocenters. The lowest BCUT2D eigenvalue weighted by Gasteiger charge is -2.50. The van der Waals surface area contributed by atoms with E-state index in [1.54, 1.807) is 0 Å². The van der Waals surface area contributed by atoms with Gasteiger partial charge in [0.2, 0.25) is 5.91 Å². The molecule has 1 saturated carbocycles. The van der Waals surface area contributed by atoms with Gasteiger partial charge in [0.25, 0.3) is 0 Å². The molecule has 0 bridgehead atoms. The first-order chi connectivity index (χ1) is 9.09. The number of rotatable bonds is 3. The number of carbonyl (C=O) groups excluding carboxylic acids is 1. The van der Waals surface area contributed by atoms with Crippen LogP contribution in [-0.4, -0.2) is 11.9 Å². The maximum Gasteiger partial charge on any atom is 0.220 e. The minimum Gasteiger partial charge on any atom is -0.352 e. The van der Waals surface area contributed by atoms with Crippen molar-refractivity contribution in [2.75, 3.05) is 0 Å². The van der Waals surface area contributed by atoms with E-state index in [4.69, 9.17) is 0 Å². The molecule has 1 saturated heterocycles. The van der Waals surface area contributed by atoms with Crippen molar-refractivity contribution < 1.29 is 4.79 Å². The van der Waals surface area contributed by atoms with E-state index >= 15 is 0 Å². The molecule has 1 amide bonds. The molecule has 1 aromatic carbocycles. The van der Waals surface area contributed by atoms with E-state index in [1.807, 2.05) is 6.07 Å². The second-order valence-corrected chi connectivity index (χ2v) is 6.76. The summed E-state index contributed by atoms with van der Waals surface area (Å²) in [6.45, 7) is 4.60. The van der Waals surface area contributed by atoms with Crippen molar-refractivity contribution in [3.8, 4) is 0 Å². The third-order valence-electron chi connectivity index (χ3n) is 5.15. The van der Waals surface area contributed by atoms with Crippen LogP contribution in [0.4, 0.5) is 0 Å². The Kier molecular flexibility index (Phi) is 3.12. The summed E-state index contributed by atoms with van der Waals surface area (Å²) in [5, 5.41) is 3.22. The summed E-state index contributed by atoms with van der Waals surface area (Å²) in [6.07, 6.45) is 4.17. The van der Waals surface area contributed by atoms with Crippen LogP contribution in [0.5, 0.6) is 0 Å². The molecule has 1 heterocycles. The van der Waals surface area contributed by atoms with E-state index < -0.39 is 0 Å². The van der Waals surface area contributed by atoms with Gasteiger partial charge in [0, 0.05) is 17.9 Å². The fourth-order valence-electron chi connectivity index (χ4n) is 3.84. The lowest BCUT2D eigenvalue weighted by atomic mass is 9.55. The largest absolute Gasteiger partial charge is 0.352 e. The van der Waals surface area contributed by atoms with E-state index in [1.165, 1.54) is 18.4 Å². The molecule has 19 heavy (non-hydrogen) atoms. The van der Waals surface area contributed by atoms with Gasteiger partial charge < -0.3 is 5.32 Å². The third kappa shape index (κ3) is 2.29. The van der Waals surface area contributed by atoms with E-state index in [9.17, 15) is 4.79 Å². The van der Waals surface area contributed by atoms with Crippen LogP contribution < -0.4 is 5.32 Å². The molecule has 0 aromatic heterocycles. The predicted octanol–water partition coefficient (Wildman–Crippen LogP) is 3.17. The lowest BCUT2D eigenvalue weighted by Crippen LogP contribution is -2.48. The van der Waals surface area contributed by atoms with Crippen LogP contribution in [0.1, 0.15) is 38.7 Å². The highest BCUT2D eigenvalue weighted by molar-refractivity contribution is 5.80. The normalized spacial score (nSPS) is 33.5. The molecule has 1 aromatic rings. The topological polar surface area (TPSA) is 29.1 Å². The summed E-state index contributed by atoms with van der Waals surface area (Å²) in [7, 11) is 0. The standard InChI is InChI=1S/C17H23NO/c1-12(2)14-9-17(10-14)11-16(19)18-15(17)8-13-6-4-3-5-7-13/h3-7,12,14-15H,8-11H2,1-2H3,(H,18,19). The molecule has 2 nitrogen and oxygen atoms in total. The number of amides is 1. The number of hydrogen-bond donors (Lipinski definition) is 1. The molecule has 2 aliphatic rings. The molecule has 1 atom stereocenters. The second kappa shape index (κ2) is 4.66. The fourth-order valence-corrected chi connectivity index (χ4v) is 3.84. The minimum atomic E-state index is 0.252. The summed E-state index contributed by atoms with van der Waals surface area (Å²) in [5.41, 5.74) is 1.59. The number of hydrogen-bond acceptors (Lipinski definition) is 1. The Morgan fingerprint density at radius 1 is 1.26 bits per heavy atom. The van der Waals surface area contributed by atoms with Gasteiger partial charge in [-0.1, -0.05) is 44.2 Å². The van der Waals surface area contributed by atoms with E-state index in [0.29, 0.717) is 6.04 Å². The Hall–Kier alpha value is -1.31. The summed E-state index contributed by atoms with van der Waals surface area (Å²) < 4.78 is 0. The highest BCUT2D eigenvalue weighted by Crippen LogP contribution is 2.55. The van der Waals surface area contributed by atoms with E-state index in [2.05, 4.69) is 43.4 Å². The van der Waals surface area contributed by atoms with Crippen LogP contribution in [-0.2, 0) is 11.2 Å². The Morgan fingerprint density at radius 2 is 1.95 bits per heavy atom. The van der Waals surface area contributed by atoms with Crippen LogP contribution in [0.3, 0.4) is 0 Å². The van der Waals surface area contributed by atoms with Crippen molar-refractivity contribution in [1.29, 1.82) is 0 Å². The fraction of sp³-hybridized carbons (Fsp3) is 0.588. The van der Waals surface area contributed by atoms with Crippen LogP contribution >= 0.6 is 0 Å². The highest BCUT2D eigenvalue weighted by Gasteiger charge is 2.55. The van der Waals surface area contributed by atoms with Gasteiger partial charge in [-0.3, -0.25) is 4.79 Å². The molecule has 2 heteroatoms. The maximum absolute atomic E-state index is 11.8. The molecule has 2 fully saturated rings. The van der Waals surface area contributed by atoms with Gasteiger partial charge in [-0.2, -0.15) is 0 Å².